The minimum absolute atomic E-state index is 0.0624. The number of carbonyl (C=O) groups excluding carboxylic acids is 2. The van der Waals surface area contributed by atoms with Crippen LogP contribution >= 0.6 is 0 Å². The van der Waals surface area contributed by atoms with Gasteiger partial charge in [-0.25, -0.2) is 9.97 Å². The number of aromatic amines is 2. The maximum Gasteiger partial charge on any atom is 0.195 e. The Morgan fingerprint density at radius 2 is 1.06 bits per heavy atom. The fourth-order valence-electron chi connectivity index (χ4n) is 7.69. The zero-order valence-corrected chi connectivity index (χ0v) is 27.8. The number of carbonyl (C=O) groups is 2. The van der Waals surface area contributed by atoms with E-state index in [0.717, 1.165) is 11.1 Å². The molecule has 0 saturated carbocycles. The van der Waals surface area contributed by atoms with Crippen LogP contribution in [0.2, 0.25) is 0 Å². The molecule has 12 heteroatoms. The first-order valence-corrected chi connectivity index (χ1v) is 16.4. The van der Waals surface area contributed by atoms with Gasteiger partial charge in [-0.3, -0.25) is 9.59 Å². The largest absolute Gasteiger partial charge is 0.390 e. The molecule has 3 aromatic rings. The highest BCUT2D eigenvalue weighted by atomic mass is 16.5. The number of aliphatic hydroxyl groups is 4. The van der Waals surface area contributed by atoms with E-state index in [9.17, 15) is 30.0 Å². The van der Waals surface area contributed by atoms with Gasteiger partial charge in [0.1, 0.15) is 34.4 Å². The number of hydrogen-bond donors (Lipinski definition) is 6. The Labute approximate surface area is 277 Å². The van der Waals surface area contributed by atoms with E-state index >= 15 is 0 Å². The summed E-state index contributed by atoms with van der Waals surface area (Å²) >= 11 is 0. The molecule has 0 spiro atoms. The average molecular weight is 659 g/mol. The molecule has 48 heavy (non-hydrogen) atoms. The Morgan fingerprint density at radius 3 is 1.56 bits per heavy atom. The number of fused-ring (bicyclic) bond motifs is 8. The summed E-state index contributed by atoms with van der Waals surface area (Å²) in [5.41, 5.74) is 2.48. The monoisotopic (exact) mass is 658 g/mol. The van der Waals surface area contributed by atoms with E-state index in [2.05, 4.69) is 9.97 Å². The first kappa shape index (κ1) is 32.8. The topological polar surface area (TPSA) is 191 Å². The molecular formula is C36H42N4O8. The van der Waals surface area contributed by atoms with Crippen molar-refractivity contribution in [3.63, 3.8) is 0 Å². The van der Waals surface area contributed by atoms with Crippen LogP contribution in [0.25, 0.3) is 22.1 Å². The minimum Gasteiger partial charge on any atom is -0.390 e. The highest BCUT2D eigenvalue weighted by Crippen LogP contribution is 2.43. The Kier molecular flexibility index (Phi) is 7.78. The van der Waals surface area contributed by atoms with Gasteiger partial charge in [0.05, 0.1) is 48.0 Å². The van der Waals surface area contributed by atoms with Crippen LogP contribution in [0.3, 0.4) is 0 Å². The van der Waals surface area contributed by atoms with Crippen molar-refractivity contribution in [2.75, 3.05) is 0 Å². The highest BCUT2D eigenvalue weighted by Gasteiger charge is 2.56. The summed E-state index contributed by atoms with van der Waals surface area (Å²) < 4.78 is 12.2. The van der Waals surface area contributed by atoms with Crippen molar-refractivity contribution < 1.29 is 39.5 Å². The second-order valence-corrected chi connectivity index (χ2v) is 14.3. The Hall–Kier alpha value is -3.78. The number of aliphatic hydroxyl groups excluding tert-OH is 4. The van der Waals surface area contributed by atoms with Crippen LogP contribution in [0.15, 0.2) is 36.4 Å². The molecule has 0 amide bonds. The summed E-state index contributed by atoms with van der Waals surface area (Å²) in [6, 6.07) is 10.6. The third kappa shape index (κ3) is 4.96. The maximum absolute atomic E-state index is 14.3. The molecule has 3 aromatic heterocycles. The molecule has 4 aliphatic rings. The van der Waals surface area contributed by atoms with Gasteiger partial charge in [-0.15, -0.1) is 0 Å². The summed E-state index contributed by atoms with van der Waals surface area (Å²) in [4.78, 5) is 44.9. The van der Waals surface area contributed by atoms with Gasteiger partial charge in [0.2, 0.25) is 0 Å². The number of hydrogen-bond acceptors (Lipinski definition) is 10. The van der Waals surface area contributed by atoms with Gasteiger partial charge < -0.3 is 39.9 Å². The number of Topliss-reactive ketones (excluding diaryl/α,β-unsaturated/α-hetero) is 2. The van der Waals surface area contributed by atoms with E-state index in [0.29, 0.717) is 33.5 Å². The molecular weight excluding hydrogens is 616 g/mol. The molecule has 0 aromatic carbocycles. The summed E-state index contributed by atoms with van der Waals surface area (Å²) in [6.45, 7) is 10.6. The summed E-state index contributed by atoms with van der Waals surface area (Å²) in [5.74, 6) is -0.645. The minimum atomic E-state index is -1.37. The lowest BCUT2D eigenvalue weighted by molar-refractivity contribution is -0.177. The van der Waals surface area contributed by atoms with E-state index in [1.165, 1.54) is 0 Å². The number of nitrogens with zero attached hydrogens (tertiary/aromatic N) is 2. The molecule has 10 atom stereocenters. The van der Waals surface area contributed by atoms with Crippen molar-refractivity contribution in [3.8, 4) is 0 Å². The fourth-order valence-corrected chi connectivity index (χ4v) is 7.69. The van der Waals surface area contributed by atoms with Gasteiger partial charge in [-0.2, -0.15) is 0 Å². The number of nitrogens with one attached hydrogen (secondary N) is 2. The summed E-state index contributed by atoms with van der Waals surface area (Å²) in [6.07, 6.45) is -6.93. The first-order valence-electron chi connectivity index (χ1n) is 16.4. The zero-order valence-electron chi connectivity index (χ0n) is 27.8. The second-order valence-electron chi connectivity index (χ2n) is 14.3. The van der Waals surface area contributed by atoms with E-state index in [4.69, 9.17) is 19.4 Å². The lowest BCUT2D eigenvalue weighted by Gasteiger charge is -2.42. The quantitative estimate of drug-likeness (QED) is 0.239. The molecule has 7 heterocycles. The normalized spacial score (nSPS) is 35.6. The SMILES string of the molecule is Cc1cc2cc3nc(cc4cc(C)c(cc5nc(cc1[nH]2)C(=O)C5(C)[C@@H]1O[C@H](C)[C@H](O)C[C@H]1O)[nH]4)C(=O)C3(C)[C@@H]1O[C@H](C)[C@H](O)C[C@H]1O. The van der Waals surface area contributed by atoms with Crippen LogP contribution in [0, 0.1) is 13.8 Å². The molecule has 0 radical (unpaired) electrons. The van der Waals surface area contributed by atoms with Gasteiger partial charge in [0.15, 0.2) is 11.6 Å². The third-order valence-corrected chi connectivity index (χ3v) is 10.9. The third-order valence-electron chi connectivity index (χ3n) is 10.9. The van der Waals surface area contributed by atoms with E-state index in [-0.39, 0.29) is 35.8 Å². The number of H-pyrrole nitrogens is 2. The van der Waals surface area contributed by atoms with Gasteiger partial charge in [-0.1, -0.05) is 0 Å². The number of aryl methyl sites for hydroxylation is 2. The van der Waals surface area contributed by atoms with E-state index in [1.54, 1.807) is 52.0 Å². The van der Waals surface area contributed by atoms with E-state index in [1.807, 2.05) is 26.0 Å². The van der Waals surface area contributed by atoms with Crippen molar-refractivity contribution in [2.45, 2.75) is 114 Å². The summed E-state index contributed by atoms with van der Waals surface area (Å²) in [7, 11) is 0. The molecule has 2 fully saturated rings. The molecule has 4 aliphatic heterocycles. The van der Waals surface area contributed by atoms with Gasteiger partial charge >= 0.3 is 0 Å². The predicted octanol–water partition coefficient (Wildman–Crippen LogP) is 3.01. The molecule has 12 nitrogen and oxygen atoms in total. The Balaban J connectivity index is 1.47. The fraction of sp³-hybridized carbons (Fsp3) is 0.500. The van der Waals surface area contributed by atoms with Crippen LogP contribution < -0.4 is 0 Å². The van der Waals surface area contributed by atoms with Gasteiger partial charge in [-0.05, 0) is 89.1 Å². The molecule has 8 bridgehead atoms. The number of rotatable bonds is 2. The van der Waals surface area contributed by atoms with Crippen molar-refractivity contribution in [3.05, 3.63) is 70.3 Å². The Morgan fingerprint density at radius 1 is 0.646 bits per heavy atom. The van der Waals surface area contributed by atoms with Gasteiger partial charge in [0.25, 0.3) is 0 Å². The molecule has 7 rings (SSSR count). The second kappa shape index (κ2) is 11.4. The highest BCUT2D eigenvalue weighted by molar-refractivity contribution is 6.07. The molecule has 254 valence electrons. The van der Waals surface area contributed by atoms with Crippen LogP contribution in [0.1, 0.15) is 84.0 Å². The average Bonchev–Trinajstić information content (AvgIpc) is 3.69. The lowest BCUT2D eigenvalue weighted by atomic mass is 9.73. The van der Waals surface area contributed by atoms with Crippen molar-refractivity contribution in [1.82, 2.24) is 19.9 Å². The van der Waals surface area contributed by atoms with Crippen LogP contribution in [-0.2, 0) is 20.3 Å². The standard InChI is InChI=1S/C36H42N4O8/c1-15-8-20-10-29-35(5,33-27(43)13-25(41)17(3)47-33)31(45)23(39-29)9-19-7-16(2)22(37-19)12-30-36(6,32(46)24(40-30)11-21(15)38-20)34-28(44)14-26(42)18(4)48-34/h7-12,17-18,25-28,33-34,37-38,41-44H,13-14H2,1-6H3/t17-,18-,25-,26-,27-,28-,33-,34-,35?,36?/m1/s1. The summed E-state index contributed by atoms with van der Waals surface area (Å²) in [5, 5.41) is 42.9. The van der Waals surface area contributed by atoms with Crippen molar-refractivity contribution >= 4 is 33.6 Å². The van der Waals surface area contributed by atoms with Crippen LogP contribution in [0.5, 0.6) is 0 Å². The number of ether oxygens (including phenoxy) is 2. The molecule has 2 unspecified atom stereocenters. The van der Waals surface area contributed by atoms with Crippen LogP contribution in [0.4, 0.5) is 0 Å². The predicted molar refractivity (Wildman–Crippen MR) is 176 cm³/mol. The molecule has 2 saturated heterocycles. The van der Waals surface area contributed by atoms with E-state index < -0.39 is 59.7 Å². The van der Waals surface area contributed by atoms with Crippen molar-refractivity contribution in [1.29, 1.82) is 0 Å². The zero-order chi connectivity index (χ0) is 34.4. The Bertz CT molecular complexity index is 1990. The molecule has 0 aliphatic carbocycles. The van der Waals surface area contributed by atoms with Crippen molar-refractivity contribution in [2.24, 2.45) is 0 Å². The number of aromatic nitrogens is 4. The van der Waals surface area contributed by atoms with Crippen LogP contribution in [-0.4, -0.2) is 101 Å². The smallest absolute Gasteiger partial charge is 0.195 e. The number of ketones is 2. The van der Waals surface area contributed by atoms with Gasteiger partial charge in [0, 0.05) is 34.9 Å². The maximum atomic E-state index is 14.3. The first-order chi connectivity index (χ1) is 22.6. The lowest BCUT2D eigenvalue weighted by Crippen LogP contribution is -2.56. The molecule has 6 N–H and O–H groups in total.